The van der Waals surface area contributed by atoms with Crippen molar-refractivity contribution in [1.29, 1.82) is 0 Å². The van der Waals surface area contributed by atoms with Gasteiger partial charge >= 0.3 is 0 Å². The third-order valence-electron chi connectivity index (χ3n) is 2.28. The maximum absolute atomic E-state index is 5.98. The van der Waals surface area contributed by atoms with Crippen molar-refractivity contribution in [1.82, 2.24) is 20.2 Å². The van der Waals surface area contributed by atoms with E-state index in [1.807, 2.05) is 20.0 Å². The zero-order valence-electron chi connectivity index (χ0n) is 9.08. The summed E-state index contributed by atoms with van der Waals surface area (Å²) in [6.45, 7) is 4.41. The van der Waals surface area contributed by atoms with E-state index in [1.54, 1.807) is 6.20 Å². The topological polar surface area (TPSA) is 66.5 Å². The van der Waals surface area contributed by atoms with Gasteiger partial charge in [0.15, 0.2) is 11.0 Å². The molecule has 0 radical (unpaired) electrons. The van der Waals surface area contributed by atoms with Crippen LogP contribution in [0.1, 0.15) is 17.0 Å². The second-order valence-electron chi connectivity index (χ2n) is 3.49. The number of aromatic amines is 1. The lowest BCUT2D eigenvalue weighted by molar-refractivity contribution is 1.02. The maximum Gasteiger partial charge on any atom is 0.171 e. The van der Waals surface area contributed by atoms with Crippen LogP contribution in [0.4, 0.5) is 5.82 Å². The summed E-state index contributed by atoms with van der Waals surface area (Å²) in [7, 11) is 0. The van der Waals surface area contributed by atoms with Gasteiger partial charge in [0.25, 0.3) is 0 Å². The van der Waals surface area contributed by atoms with Crippen molar-refractivity contribution in [3.63, 3.8) is 0 Å². The van der Waals surface area contributed by atoms with Crippen LogP contribution < -0.4 is 5.32 Å². The first kappa shape index (κ1) is 10.9. The van der Waals surface area contributed by atoms with E-state index in [-0.39, 0.29) is 0 Å². The van der Waals surface area contributed by atoms with E-state index in [9.17, 15) is 0 Å². The Morgan fingerprint density at radius 2 is 2.06 bits per heavy atom. The van der Waals surface area contributed by atoms with E-state index in [2.05, 4.69) is 25.5 Å². The highest BCUT2D eigenvalue weighted by molar-refractivity contribution is 6.31. The minimum Gasteiger partial charge on any atom is -0.363 e. The molecule has 0 fully saturated rings. The number of halogens is 1. The van der Waals surface area contributed by atoms with E-state index in [1.165, 1.54) is 0 Å². The molecule has 0 saturated carbocycles. The quantitative estimate of drug-likeness (QED) is 0.858. The van der Waals surface area contributed by atoms with Gasteiger partial charge < -0.3 is 5.32 Å². The maximum atomic E-state index is 5.98. The molecule has 2 heterocycles. The van der Waals surface area contributed by atoms with E-state index < -0.39 is 0 Å². The lowest BCUT2D eigenvalue weighted by atomic mass is 10.3. The minimum absolute atomic E-state index is 0.395. The number of aryl methyl sites for hydroxylation is 2. The van der Waals surface area contributed by atoms with Crippen LogP contribution in [0.25, 0.3) is 0 Å². The number of aromatic nitrogens is 4. The summed E-state index contributed by atoms with van der Waals surface area (Å²) >= 11 is 5.98. The molecule has 16 heavy (non-hydrogen) atoms. The molecule has 2 N–H and O–H groups in total. The number of nitrogens with one attached hydrogen (secondary N) is 2. The Bertz CT molecular complexity index is 480. The molecule has 0 saturated heterocycles. The number of hydrogen-bond acceptors (Lipinski definition) is 4. The second kappa shape index (κ2) is 4.49. The Kier molecular flexibility index (Phi) is 3.05. The SMILES string of the molecule is Cc1nc(Cl)c(NCc2cn[nH]c2)nc1C. The van der Waals surface area contributed by atoms with Crippen LogP contribution in [0.15, 0.2) is 12.4 Å². The first-order valence-electron chi connectivity index (χ1n) is 4.89. The molecule has 0 unspecified atom stereocenters. The van der Waals surface area contributed by atoms with Crippen molar-refractivity contribution < 1.29 is 0 Å². The standard InChI is InChI=1S/C10H12ClN5/c1-6-7(2)16-10(9(11)15-6)12-3-8-4-13-14-5-8/h4-5H,3H2,1-2H3,(H,12,16)(H,13,14). The lowest BCUT2D eigenvalue weighted by Gasteiger charge is -2.07. The molecule has 0 aliphatic heterocycles. The van der Waals surface area contributed by atoms with Gasteiger partial charge in [0.2, 0.25) is 0 Å². The predicted molar refractivity (Wildman–Crippen MR) is 62.4 cm³/mol. The molecule has 0 spiro atoms. The van der Waals surface area contributed by atoms with Crippen molar-refractivity contribution in [2.45, 2.75) is 20.4 Å². The highest BCUT2D eigenvalue weighted by Crippen LogP contribution is 2.18. The van der Waals surface area contributed by atoms with Gasteiger partial charge in [-0.25, -0.2) is 9.97 Å². The van der Waals surface area contributed by atoms with Crippen LogP contribution in [0.3, 0.4) is 0 Å². The van der Waals surface area contributed by atoms with Crippen LogP contribution in [0.5, 0.6) is 0 Å². The molecule has 0 atom stereocenters. The molecule has 5 nitrogen and oxygen atoms in total. The second-order valence-corrected chi connectivity index (χ2v) is 3.85. The highest BCUT2D eigenvalue weighted by atomic mass is 35.5. The van der Waals surface area contributed by atoms with Gasteiger partial charge in [-0.05, 0) is 13.8 Å². The Morgan fingerprint density at radius 3 is 2.75 bits per heavy atom. The van der Waals surface area contributed by atoms with Gasteiger partial charge in [-0.15, -0.1) is 0 Å². The number of nitrogens with zero attached hydrogens (tertiary/aromatic N) is 3. The first-order valence-corrected chi connectivity index (χ1v) is 5.27. The summed E-state index contributed by atoms with van der Waals surface area (Å²) < 4.78 is 0. The smallest absolute Gasteiger partial charge is 0.171 e. The summed E-state index contributed by atoms with van der Waals surface area (Å²) in [5, 5.41) is 10.1. The summed E-state index contributed by atoms with van der Waals surface area (Å²) in [4.78, 5) is 8.53. The molecular formula is C10H12ClN5. The van der Waals surface area contributed by atoms with Crippen molar-refractivity contribution in [2.24, 2.45) is 0 Å². The molecule has 6 heteroatoms. The molecule has 2 aromatic heterocycles. The molecule has 2 aromatic rings. The summed E-state index contributed by atoms with van der Waals surface area (Å²) in [6, 6.07) is 0. The van der Waals surface area contributed by atoms with Gasteiger partial charge in [0.05, 0.1) is 17.6 Å². The lowest BCUT2D eigenvalue weighted by Crippen LogP contribution is -2.04. The van der Waals surface area contributed by atoms with Crippen molar-refractivity contribution in [2.75, 3.05) is 5.32 Å². The third-order valence-corrected chi connectivity index (χ3v) is 2.54. The molecule has 0 aliphatic carbocycles. The molecule has 0 aliphatic rings. The van der Waals surface area contributed by atoms with Gasteiger partial charge in [-0.3, -0.25) is 5.10 Å². The Morgan fingerprint density at radius 1 is 1.31 bits per heavy atom. The summed E-state index contributed by atoms with van der Waals surface area (Å²) in [6.07, 6.45) is 3.56. The van der Waals surface area contributed by atoms with E-state index in [0.717, 1.165) is 17.0 Å². The fourth-order valence-corrected chi connectivity index (χ4v) is 1.48. The largest absolute Gasteiger partial charge is 0.363 e. The third kappa shape index (κ3) is 2.30. The first-order chi connectivity index (χ1) is 7.66. The fourth-order valence-electron chi connectivity index (χ4n) is 1.25. The number of hydrogen-bond donors (Lipinski definition) is 2. The zero-order valence-corrected chi connectivity index (χ0v) is 9.84. The Balaban J connectivity index is 2.12. The Hall–Kier alpha value is -1.62. The molecule has 2 rings (SSSR count). The van der Waals surface area contributed by atoms with E-state index in [0.29, 0.717) is 17.5 Å². The zero-order chi connectivity index (χ0) is 11.5. The monoisotopic (exact) mass is 237 g/mol. The number of anilines is 1. The van der Waals surface area contributed by atoms with Gasteiger partial charge in [0.1, 0.15) is 0 Å². The van der Waals surface area contributed by atoms with E-state index >= 15 is 0 Å². The molecule has 0 aromatic carbocycles. The predicted octanol–water partition coefficient (Wildman–Crippen LogP) is 2.08. The van der Waals surface area contributed by atoms with Crippen LogP contribution in [-0.2, 0) is 6.54 Å². The minimum atomic E-state index is 0.395. The van der Waals surface area contributed by atoms with Crippen molar-refractivity contribution in [3.8, 4) is 0 Å². The van der Waals surface area contributed by atoms with Crippen LogP contribution >= 0.6 is 11.6 Å². The molecule has 84 valence electrons. The van der Waals surface area contributed by atoms with Gasteiger partial charge in [-0.1, -0.05) is 11.6 Å². The number of rotatable bonds is 3. The fraction of sp³-hybridized carbons (Fsp3) is 0.300. The van der Waals surface area contributed by atoms with Crippen LogP contribution in [0, 0.1) is 13.8 Å². The van der Waals surface area contributed by atoms with Crippen molar-refractivity contribution >= 4 is 17.4 Å². The van der Waals surface area contributed by atoms with Gasteiger partial charge in [0, 0.05) is 18.3 Å². The normalized spacial score (nSPS) is 10.4. The molecule has 0 amide bonds. The summed E-state index contributed by atoms with van der Waals surface area (Å²) in [5.74, 6) is 0.603. The average molecular weight is 238 g/mol. The average Bonchev–Trinajstić information content (AvgIpc) is 2.74. The molecule has 0 bridgehead atoms. The van der Waals surface area contributed by atoms with Crippen LogP contribution in [-0.4, -0.2) is 20.2 Å². The Labute approximate surface area is 98.3 Å². The summed E-state index contributed by atoms with van der Waals surface area (Å²) in [5.41, 5.74) is 2.76. The van der Waals surface area contributed by atoms with Crippen molar-refractivity contribution in [3.05, 3.63) is 34.5 Å². The highest BCUT2D eigenvalue weighted by Gasteiger charge is 2.06. The van der Waals surface area contributed by atoms with Gasteiger partial charge in [-0.2, -0.15) is 5.10 Å². The molecular weight excluding hydrogens is 226 g/mol. The van der Waals surface area contributed by atoms with E-state index in [4.69, 9.17) is 11.6 Å². The number of H-pyrrole nitrogens is 1. The van der Waals surface area contributed by atoms with Crippen LogP contribution in [0.2, 0.25) is 5.15 Å².